The van der Waals surface area contributed by atoms with E-state index in [1.807, 2.05) is 18.2 Å². The third kappa shape index (κ3) is 4.34. The molecule has 20 heavy (non-hydrogen) atoms. The number of hydrazine groups is 1. The summed E-state index contributed by atoms with van der Waals surface area (Å²) in [6, 6.07) is 5.69. The summed E-state index contributed by atoms with van der Waals surface area (Å²) in [4.78, 5) is 20.8. The zero-order chi connectivity index (χ0) is 14.2. The first-order valence-electron chi connectivity index (χ1n) is 6.48. The van der Waals surface area contributed by atoms with E-state index in [-0.39, 0.29) is 5.28 Å². The Morgan fingerprint density at radius 2 is 2.15 bits per heavy atom. The molecule has 0 radical (unpaired) electrons. The van der Waals surface area contributed by atoms with Crippen LogP contribution in [0.25, 0.3) is 0 Å². The Morgan fingerprint density at radius 3 is 2.80 bits per heavy atom. The van der Waals surface area contributed by atoms with Gasteiger partial charge in [-0.05, 0) is 12.1 Å². The lowest BCUT2D eigenvalue weighted by Gasteiger charge is -2.40. The summed E-state index contributed by atoms with van der Waals surface area (Å²) in [5, 5.41) is 14.9. The summed E-state index contributed by atoms with van der Waals surface area (Å²) in [5.74, 6) is 0. The van der Waals surface area contributed by atoms with Gasteiger partial charge >= 0.3 is 0 Å². The molecule has 1 fully saturated rings. The van der Waals surface area contributed by atoms with E-state index in [4.69, 9.17) is 0 Å². The molecule has 0 bridgehead atoms. The van der Waals surface area contributed by atoms with Gasteiger partial charge < -0.3 is 5.21 Å². The van der Waals surface area contributed by atoms with E-state index in [1.165, 1.54) is 5.01 Å². The fraction of sp³-hybridized carbons (Fsp3) is 0.500. The van der Waals surface area contributed by atoms with E-state index in [9.17, 15) is 10.1 Å². The Labute approximate surface area is 117 Å². The van der Waals surface area contributed by atoms with E-state index in [2.05, 4.69) is 20.2 Å². The smallest absolute Gasteiger partial charge is 0.0807 e. The van der Waals surface area contributed by atoms with Gasteiger partial charge in [0.15, 0.2) is 0 Å². The highest BCUT2D eigenvalue weighted by atomic mass is 16.6. The average molecular weight is 277 g/mol. The molecular formula is C12H17N6O2-. The monoisotopic (exact) mass is 277 g/mol. The molecule has 0 aliphatic carbocycles. The minimum Gasteiger partial charge on any atom is -0.724 e. The van der Waals surface area contributed by atoms with Gasteiger partial charge in [-0.2, -0.15) is 0 Å². The Morgan fingerprint density at radius 1 is 1.35 bits per heavy atom. The molecule has 2 rings (SSSR count). The second kappa shape index (κ2) is 7.63. The zero-order valence-electron chi connectivity index (χ0n) is 11.1. The van der Waals surface area contributed by atoms with Crippen LogP contribution in [0.5, 0.6) is 0 Å². The summed E-state index contributed by atoms with van der Waals surface area (Å²) >= 11 is 0. The van der Waals surface area contributed by atoms with Gasteiger partial charge in [0.25, 0.3) is 0 Å². The number of nitrogens with zero attached hydrogens (tertiary/aromatic N) is 6. The van der Waals surface area contributed by atoms with Gasteiger partial charge in [-0.3, -0.25) is 20.2 Å². The lowest BCUT2D eigenvalue weighted by Crippen LogP contribution is -2.50. The van der Waals surface area contributed by atoms with Gasteiger partial charge in [-0.1, -0.05) is 6.07 Å². The minimum absolute atomic E-state index is 0.122. The number of rotatable bonds is 6. The number of hydrogen-bond donors (Lipinski definition) is 0. The van der Waals surface area contributed by atoms with Crippen LogP contribution in [-0.4, -0.2) is 65.7 Å². The number of piperazine rings is 1. The summed E-state index contributed by atoms with van der Waals surface area (Å²) < 4.78 is 0. The maximum Gasteiger partial charge on any atom is 0.0807 e. The molecule has 0 amide bonds. The van der Waals surface area contributed by atoms with E-state index in [0.29, 0.717) is 19.6 Å². The first-order valence-corrected chi connectivity index (χ1v) is 6.48. The molecule has 1 aromatic heterocycles. The predicted octanol–water partition coefficient (Wildman–Crippen LogP) is 0.514. The van der Waals surface area contributed by atoms with E-state index < -0.39 is 0 Å². The van der Waals surface area contributed by atoms with Crippen molar-refractivity contribution in [3.63, 3.8) is 0 Å². The molecule has 1 saturated heterocycles. The Bertz CT molecular complexity index is 433. The van der Waals surface area contributed by atoms with E-state index >= 15 is 0 Å². The molecule has 1 aliphatic rings. The van der Waals surface area contributed by atoms with Crippen molar-refractivity contribution in [3.8, 4) is 0 Å². The molecular weight excluding hydrogens is 260 g/mol. The summed E-state index contributed by atoms with van der Waals surface area (Å²) in [5.41, 5.74) is 0.844. The third-order valence-electron chi connectivity index (χ3n) is 3.12. The summed E-state index contributed by atoms with van der Waals surface area (Å²) in [6.45, 7) is 3.99. The molecule has 0 unspecified atom stereocenters. The molecule has 0 spiro atoms. The van der Waals surface area contributed by atoms with Crippen molar-refractivity contribution in [2.24, 2.45) is 10.3 Å². The third-order valence-corrected chi connectivity index (χ3v) is 3.12. The summed E-state index contributed by atoms with van der Waals surface area (Å²) in [6.07, 6.45) is 3.49. The maximum absolute atomic E-state index is 11.0. The molecule has 108 valence electrons. The van der Waals surface area contributed by atoms with E-state index in [1.54, 1.807) is 12.4 Å². The zero-order valence-corrected chi connectivity index (χ0v) is 11.1. The first kappa shape index (κ1) is 14.5. The normalized spacial score (nSPS) is 17.4. The Balaban J connectivity index is 1.66. The van der Waals surface area contributed by atoms with Crippen LogP contribution in [0.1, 0.15) is 5.69 Å². The van der Waals surface area contributed by atoms with Crippen molar-refractivity contribution >= 4 is 6.21 Å². The van der Waals surface area contributed by atoms with Crippen LogP contribution in [0.3, 0.4) is 0 Å². The molecule has 8 nitrogen and oxygen atoms in total. The highest BCUT2D eigenvalue weighted by Crippen LogP contribution is 2.04. The quantitative estimate of drug-likeness (QED) is 0.428. The fourth-order valence-corrected chi connectivity index (χ4v) is 1.99. The lowest BCUT2D eigenvalue weighted by atomic mass is 10.3. The van der Waals surface area contributed by atoms with Crippen LogP contribution in [0.4, 0.5) is 0 Å². The van der Waals surface area contributed by atoms with Gasteiger partial charge in [-0.25, -0.2) is 5.01 Å². The molecule has 0 aromatic carbocycles. The van der Waals surface area contributed by atoms with Crippen molar-refractivity contribution < 1.29 is 0 Å². The van der Waals surface area contributed by atoms with Gasteiger partial charge in [-0.15, -0.1) is 4.91 Å². The highest BCUT2D eigenvalue weighted by Gasteiger charge is 2.17. The first-order chi connectivity index (χ1) is 9.79. The van der Waals surface area contributed by atoms with Gasteiger partial charge in [0.1, 0.15) is 0 Å². The highest BCUT2D eigenvalue weighted by molar-refractivity contribution is 5.76. The van der Waals surface area contributed by atoms with Crippen LogP contribution >= 0.6 is 0 Å². The van der Waals surface area contributed by atoms with Crippen molar-refractivity contribution in [2.75, 3.05) is 39.3 Å². The number of aromatic nitrogens is 1. The number of hydrogen-bond acceptors (Lipinski definition) is 7. The van der Waals surface area contributed by atoms with Crippen molar-refractivity contribution in [1.82, 2.24) is 20.2 Å². The number of aliphatic imine (C=N–C) groups is 1. The lowest BCUT2D eigenvalue weighted by molar-refractivity contribution is -0.0201. The predicted molar refractivity (Wildman–Crippen MR) is 75.7 cm³/mol. The Hall–Kier alpha value is -1.90. The second-order valence-corrected chi connectivity index (χ2v) is 4.42. The second-order valence-electron chi connectivity index (χ2n) is 4.42. The van der Waals surface area contributed by atoms with Crippen LogP contribution in [0.15, 0.2) is 34.7 Å². The summed E-state index contributed by atoms with van der Waals surface area (Å²) in [7, 11) is 0. The van der Waals surface area contributed by atoms with Crippen molar-refractivity contribution in [1.29, 1.82) is 0 Å². The topological polar surface area (TPSA) is 87.5 Å². The van der Waals surface area contributed by atoms with E-state index in [0.717, 1.165) is 25.3 Å². The SMILES string of the molecule is O=NN([O-])N1CCN(CCN=Cc2ccccn2)CC1. The molecule has 1 aliphatic heterocycles. The number of pyridine rings is 1. The van der Waals surface area contributed by atoms with Gasteiger partial charge in [0.2, 0.25) is 0 Å². The average Bonchev–Trinajstić information content (AvgIpc) is 2.52. The van der Waals surface area contributed by atoms with Crippen LogP contribution in [-0.2, 0) is 0 Å². The maximum atomic E-state index is 11.0. The number of nitroso groups, excluding NO2 is 1. The van der Waals surface area contributed by atoms with Gasteiger partial charge in [0.05, 0.1) is 17.5 Å². The molecule has 0 saturated carbocycles. The largest absolute Gasteiger partial charge is 0.724 e. The van der Waals surface area contributed by atoms with Crippen molar-refractivity contribution in [2.45, 2.75) is 0 Å². The molecule has 1 aromatic rings. The minimum atomic E-state index is 0.122. The van der Waals surface area contributed by atoms with Gasteiger partial charge in [0, 0.05) is 45.1 Å². The molecule has 2 heterocycles. The van der Waals surface area contributed by atoms with Crippen LogP contribution in [0.2, 0.25) is 0 Å². The molecule has 0 atom stereocenters. The Kier molecular flexibility index (Phi) is 5.54. The fourth-order valence-electron chi connectivity index (χ4n) is 1.99. The molecule has 8 heteroatoms. The van der Waals surface area contributed by atoms with Crippen LogP contribution < -0.4 is 0 Å². The van der Waals surface area contributed by atoms with Crippen molar-refractivity contribution in [3.05, 3.63) is 40.2 Å². The molecule has 0 N–H and O–H groups in total. The van der Waals surface area contributed by atoms with Crippen LogP contribution in [0, 0.1) is 10.1 Å². The standard InChI is InChI=1S/C12H17N6O2/c19-15-18(20)17-9-7-16(8-10-17)6-5-13-11-12-3-1-2-4-14-12/h1-4,11H,5-10H2/q-1.